The molecule has 2 N–H and O–H groups in total. The van der Waals surface area contributed by atoms with Gasteiger partial charge in [-0.15, -0.1) is 0 Å². The summed E-state index contributed by atoms with van der Waals surface area (Å²) >= 11 is 0. The Morgan fingerprint density at radius 2 is 1.74 bits per heavy atom. The van der Waals surface area contributed by atoms with Gasteiger partial charge in [-0.05, 0) is 32.8 Å². The number of carbonyl (C=O) groups excluding carboxylic acids is 2. The van der Waals surface area contributed by atoms with Gasteiger partial charge in [0, 0.05) is 12.6 Å². The Morgan fingerprint density at radius 1 is 1.11 bits per heavy atom. The summed E-state index contributed by atoms with van der Waals surface area (Å²) in [5, 5.41) is 4.79. The highest BCUT2D eigenvalue weighted by Crippen LogP contribution is 2.17. The van der Waals surface area contributed by atoms with E-state index in [1.165, 1.54) is 0 Å². The van der Waals surface area contributed by atoms with Gasteiger partial charge in [-0.2, -0.15) is 0 Å². The lowest BCUT2D eigenvalue weighted by Crippen LogP contribution is -2.48. The second-order valence-corrected chi connectivity index (χ2v) is 7.10. The number of hydrogen-bond acceptors (Lipinski definition) is 4. The molecular weight excluding hydrogens is 358 g/mol. The van der Waals surface area contributed by atoms with Crippen LogP contribution in [0, 0.1) is 5.92 Å². The molecule has 1 rings (SSSR count). The molecular formula is C19H28F2N2O4. The number of alkyl halides is 2. The molecule has 0 aliphatic carbocycles. The van der Waals surface area contributed by atoms with Gasteiger partial charge in [-0.1, -0.05) is 37.3 Å². The molecule has 8 heteroatoms. The van der Waals surface area contributed by atoms with Crippen molar-refractivity contribution in [2.45, 2.75) is 58.8 Å². The van der Waals surface area contributed by atoms with Crippen molar-refractivity contribution in [3.63, 3.8) is 0 Å². The fourth-order valence-corrected chi connectivity index (χ4v) is 2.35. The largest absolute Gasteiger partial charge is 0.445 e. The summed E-state index contributed by atoms with van der Waals surface area (Å²) < 4.78 is 37.0. The zero-order chi connectivity index (χ0) is 20.4. The molecule has 0 aromatic heterocycles. The minimum atomic E-state index is -2.74. The van der Waals surface area contributed by atoms with Gasteiger partial charge in [0.1, 0.15) is 12.2 Å². The van der Waals surface area contributed by atoms with Crippen LogP contribution in [0.4, 0.5) is 18.4 Å². The molecule has 0 saturated carbocycles. The minimum absolute atomic E-state index is 0.0403. The quantitative estimate of drug-likeness (QED) is 0.705. The molecule has 1 aromatic carbocycles. The Kier molecular flexibility index (Phi) is 8.97. The fourth-order valence-electron chi connectivity index (χ4n) is 2.35. The third kappa shape index (κ3) is 9.21. The average molecular weight is 386 g/mol. The minimum Gasteiger partial charge on any atom is -0.445 e. The predicted octanol–water partition coefficient (Wildman–Crippen LogP) is 4.10. The zero-order valence-electron chi connectivity index (χ0n) is 16.1. The van der Waals surface area contributed by atoms with E-state index in [-0.39, 0.29) is 19.6 Å². The maximum Gasteiger partial charge on any atom is 0.407 e. The lowest BCUT2D eigenvalue weighted by Gasteiger charge is -2.27. The number of halogens is 2. The van der Waals surface area contributed by atoms with Crippen LogP contribution in [0.1, 0.15) is 39.7 Å². The highest BCUT2D eigenvalue weighted by Gasteiger charge is 2.31. The van der Waals surface area contributed by atoms with Crippen LogP contribution in [-0.4, -0.2) is 36.8 Å². The van der Waals surface area contributed by atoms with Crippen molar-refractivity contribution in [1.29, 1.82) is 0 Å². The van der Waals surface area contributed by atoms with Crippen LogP contribution in [0.2, 0.25) is 0 Å². The van der Waals surface area contributed by atoms with E-state index < -0.39 is 36.2 Å². The summed E-state index contributed by atoms with van der Waals surface area (Å²) in [6.45, 7) is 6.41. The average Bonchev–Trinajstić information content (AvgIpc) is 2.58. The van der Waals surface area contributed by atoms with Gasteiger partial charge in [-0.25, -0.2) is 18.4 Å². The van der Waals surface area contributed by atoms with E-state index >= 15 is 0 Å². The van der Waals surface area contributed by atoms with Crippen molar-refractivity contribution >= 4 is 12.2 Å². The molecule has 0 heterocycles. The van der Waals surface area contributed by atoms with Gasteiger partial charge < -0.3 is 20.1 Å². The summed E-state index contributed by atoms with van der Waals surface area (Å²) in [4.78, 5) is 23.6. The molecule has 152 valence electrons. The van der Waals surface area contributed by atoms with E-state index in [0.717, 1.165) is 5.56 Å². The monoisotopic (exact) mass is 386 g/mol. The summed E-state index contributed by atoms with van der Waals surface area (Å²) in [6.07, 6.45) is -4.05. The molecule has 0 aliphatic rings. The first kappa shape index (κ1) is 22.7. The Bertz CT molecular complexity index is 591. The van der Waals surface area contributed by atoms with Crippen LogP contribution in [0.3, 0.4) is 0 Å². The van der Waals surface area contributed by atoms with Gasteiger partial charge in [0.2, 0.25) is 6.43 Å². The van der Waals surface area contributed by atoms with E-state index in [1.807, 2.05) is 6.07 Å². The first-order valence-electron chi connectivity index (χ1n) is 8.84. The Labute approximate surface area is 158 Å². The van der Waals surface area contributed by atoms with E-state index in [0.29, 0.717) is 0 Å². The molecule has 0 aliphatic heterocycles. The standard InChI is InChI=1S/C19H28F2N2O4/c1-5-15(23-18(25)26-12-13-9-7-6-8-10-13)14(16(20)21)11-22-17(24)27-19(2,3)4/h6-10,14-16H,5,11-12H2,1-4H3,(H,22,24)(H,23,25)/t14-,15-/m0/s1. The Hall–Kier alpha value is -2.38. The topological polar surface area (TPSA) is 76.7 Å². The van der Waals surface area contributed by atoms with Crippen molar-refractivity contribution in [2.75, 3.05) is 6.54 Å². The van der Waals surface area contributed by atoms with Gasteiger partial charge in [0.25, 0.3) is 0 Å². The van der Waals surface area contributed by atoms with Crippen molar-refractivity contribution in [1.82, 2.24) is 10.6 Å². The number of hydrogen-bond donors (Lipinski definition) is 2. The van der Waals surface area contributed by atoms with Crippen LogP contribution < -0.4 is 10.6 Å². The van der Waals surface area contributed by atoms with Gasteiger partial charge in [0.15, 0.2) is 0 Å². The highest BCUT2D eigenvalue weighted by molar-refractivity contribution is 5.68. The van der Waals surface area contributed by atoms with Crippen LogP contribution >= 0.6 is 0 Å². The van der Waals surface area contributed by atoms with Crippen molar-refractivity contribution < 1.29 is 27.8 Å². The first-order valence-corrected chi connectivity index (χ1v) is 8.84. The van der Waals surface area contributed by atoms with E-state index in [4.69, 9.17) is 9.47 Å². The lowest BCUT2D eigenvalue weighted by atomic mass is 9.98. The predicted molar refractivity (Wildman–Crippen MR) is 97.6 cm³/mol. The summed E-state index contributed by atoms with van der Waals surface area (Å²) in [7, 11) is 0. The number of amides is 2. The number of ether oxygens (including phenoxy) is 2. The maximum absolute atomic E-state index is 13.4. The van der Waals surface area contributed by atoms with E-state index in [1.54, 1.807) is 52.0 Å². The number of carbonyl (C=O) groups is 2. The molecule has 0 spiro atoms. The second-order valence-electron chi connectivity index (χ2n) is 7.10. The first-order chi connectivity index (χ1) is 12.6. The van der Waals surface area contributed by atoms with Gasteiger partial charge >= 0.3 is 12.2 Å². The molecule has 0 unspecified atom stereocenters. The molecule has 1 aromatic rings. The summed E-state index contributed by atoms with van der Waals surface area (Å²) in [6, 6.07) is 8.17. The zero-order valence-corrected chi connectivity index (χ0v) is 16.1. The van der Waals surface area contributed by atoms with Crippen LogP contribution in [0.5, 0.6) is 0 Å². The van der Waals surface area contributed by atoms with Crippen molar-refractivity contribution in [3.8, 4) is 0 Å². The fraction of sp³-hybridized carbons (Fsp3) is 0.579. The molecule has 0 fully saturated rings. The number of nitrogens with one attached hydrogen (secondary N) is 2. The van der Waals surface area contributed by atoms with E-state index in [9.17, 15) is 18.4 Å². The summed E-state index contributed by atoms with van der Waals surface area (Å²) in [5.74, 6) is -1.27. The molecule has 0 saturated heterocycles. The molecule has 6 nitrogen and oxygen atoms in total. The van der Waals surface area contributed by atoms with E-state index in [2.05, 4.69) is 10.6 Å². The molecule has 27 heavy (non-hydrogen) atoms. The van der Waals surface area contributed by atoms with Gasteiger partial charge in [-0.3, -0.25) is 0 Å². The third-order valence-electron chi connectivity index (χ3n) is 3.68. The number of alkyl carbamates (subject to hydrolysis) is 2. The lowest BCUT2D eigenvalue weighted by molar-refractivity contribution is 0.0366. The van der Waals surface area contributed by atoms with Crippen LogP contribution in [0.25, 0.3) is 0 Å². The van der Waals surface area contributed by atoms with Crippen LogP contribution in [-0.2, 0) is 16.1 Å². The van der Waals surface area contributed by atoms with Crippen LogP contribution in [0.15, 0.2) is 30.3 Å². The molecule has 2 amide bonds. The smallest absolute Gasteiger partial charge is 0.407 e. The van der Waals surface area contributed by atoms with Crippen molar-refractivity contribution in [3.05, 3.63) is 35.9 Å². The summed E-state index contributed by atoms with van der Waals surface area (Å²) in [5.41, 5.74) is 0.0614. The maximum atomic E-state index is 13.4. The number of benzene rings is 1. The normalized spacial score (nSPS) is 13.6. The van der Waals surface area contributed by atoms with Crippen molar-refractivity contribution in [2.24, 2.45) is 5.92 Å². The number of rotatable bonds is 8. The Balaban J connectivity index is 2.57. The van der Waals surface area contributed by atoms with Gasteiger partial charge in [0.05, 0.1) is 5.92 Å². The Morgan fingerprint density at radius 3 is 2.26 bits per heavy atom. The molecule has 0 radical (unpaired) electrons. The third-order valence-corrected chi connectivity index (χ3v) is 3.68. The SMILES string of the molecule is CC[C@H](NC(=O)OCc1ccccc1)[C@H](CNC(=O)OC(C)(C)C)C(F)F. The molecule has 2 atom stereocenters. The highest BCUT2D eigenvalue weighted by atomic mass is 19.3. The molecule has 0 bridgehead atoms. The second kappa shape index (κ2) is 10.7.